The first kappa shape index (κ1) is 22.2. The molecule has 1 N–H and O–H groups in total. The van der Waals surface area contributed by atoms with Crippen LogP contribution >= 0.6 is 0 Å². The van der Waals surface area contributed by atoms with Gasteiger partial charge in [0, 0.05) is 18.5 Å². The van der Waals surface area contributed by atoms with E-state index in [2.05, 4.69) is 30.0 Å². The molecular weight excluding hydrogens is 452 g/mol. The highest BCUT2D eigenvalue weighted by atomic mass is 32.2. The van der Waals surface area contributed by atoms with Crippen LogP contribution in [-0.2, 0) is 21.2 Å². The summed E-state index contributed by atoms with van der Waals surface area (Å²) in [5, 5.41) is 11.4. The van der Waals surface area contributed by atoms with E-state index < -0.39 is 9.84 Å². The summed E-state index contributed by atoms with van der Waals surface area (Å²) in [5.74, 6) is 1.47. The van der Waals surface area contributed by atoms with Crippen molar-refractivity contribution in [3.63, 3.8) is 0 Å². The second-order valence-corrected chi connectivity index (χ2v) is 10.2. The molecule has 0 aliphatic heterocycles. The summed E-state index contributed by atoms with van der Waals surface area (Å²) in [6, 6.07) is 16.8. The number of nitrogens with one attached hydrogen (secondary N) is 1. The van der Waals surface area contributed by atoms with E-state index in [4.69, 9.17) is 4.74 Å². The van der Waals surface area contributed by atoms with Crippen LogP contribution < -0.4 is 5.32 Å². The van der Waals surface area contributed by atoms with Crippen LogP contribution in [0.3, 0.4) is 0 Å². The summed E-state index contributed by atoms with van der Waals surface area (Å²) in [7, 11) is -3.22. The Hall–Kier alpha value is -3.63. The summed E-state index contributed by atoms with van der Waals surface area (Å²) in [6.07, 6.45) is 6.98. The van der Waals surface area contributed by atoms with Gasteiger partial charge in [-0.25, -0.2) is 13.4 Å². The first-order chi connectivity index (χ1) is 16.5. The number of pyridine rings is 2. The minimum Gasteiger partial charge on any atom is -0.355 e. The first-order valence-electron chi connectivity index (χ1n) is 10.9. The van der Waals surface area contributed by atoms with Gasteiger partial charge in [-0.15, -0.1) is 10.2 Å². The third-order valence-electron chi connectivity index (χ3n) is 5.53. The summed E-state index contributed by atoms with van der Waals surface area (Å²) < 4.78 is 31.2. The second-order valence-electron chi connectivity index (χ2n) is 8.20. The molecule has 174 valence electrons. The van der Waals surface area contributed by atoms with E-state index in [0.29, 0.717) is 23.4 Å². The van der Waals surface area contributed by atoms with Crippen LogP contribution in [0.25, 0.3) is 22.6 Å². The molecule has 3 heterocycles. The molecule has 1 fully saturated rings. The van der Waals surface area contributed by atoms with Crippen molar-refractivity contribution in [1.82, 2.24) is 24.7 Å². The molecule has 10 heteroatoms. The fourth-order valence-electron chi connectivity index (χ4n) is 3.62. The van der Waals surface area contributed by atoms with Gasteiger partial charge in [0.05, 0.1) is 17.2 Å². The highest BCUT2D eigenvalue weighted by Gasteiger charge is 2.27. The van der Waals surface area contributed by atoms with E-state index >= 15 is 0 Å². The number of nitrogens with zero attached hydrogens (tertiary/aromatic N) is 5. The van der Waals surface area contributed by atoms with Gasteiger partial charge in [0.25, 0.3) is 0 Å². The Morgan fingerprint density at radius 1 is 1.09 bits per heavy atom. The van der Waals surface area contributed by atoms with Crippen molar-refractivity contribution >= 4 is 15.7 Å². The lowest BCUT2D eigenvalue weighted by Crippen LogP contribution is -2.08. The molecule has 0 unspecified atom stereocenters. The number of rotatable bonds is 9. The van der Waals surface area contributed by atoms with Crippen LogP contribution in [0.4, 0.5) is 5.82 Å². The molecule has 1 aromatic carbocycles. The van der Waals surface area contributed by atoms with Crippen LogP contribution in [0, 0.1) is 0 Å². The van der Waals surface area contributed by atoms with Gasteiger partial charge in [-0.1, -0.05) is 18.2 Å². The third kappa shape index (κ3) is 5.13. The maximum absolute atomic E-state index is 11.7. The van der Waals surface area contributed by atoms with E-state index in [-0.39, 0.29) is 6.73 Å². The topological polar surface area (TPSA) is 112 Å². The van der Waals surface area contributed by atoms with Crippen LogP contribution in [0.2, 0.25) is 0 Å². The molecule has 0 saturated heterocycles. The highest BCUT2D eigenvalue weighted by molar-refractivity contribution is 7.90. The molecule has 5 rings (SSSR count). The van der Waals surface area contributed by atoms with Crippen molar-refractivity contribution < 1.29 is 13.2 Å². The van der Waals surface area contributed by atoms with Gasteiger partial charge in [0.15, 0.2) is 15.7 Å². The average molecular weight is 477 g/mol. The molecule has 1 aliphatic carbocycles. The molecular formula is C24H24N6O3S. The van der Waals surface area contributed by atoms with Crippen molar-refractivity contribution in [2.75, 3.05) is 18.3 Å². The maximum atomic E-state index is 11.7. The number of aromatic nitrogens is 5. The van der Waals surface area contributed by atoms with Crippen molar-refractivity contribution in [2.45, 2.75) is 30.4 Å². The molecule has 34 heavy (non-hydrogen) atoms. The first-order valence-corrected chi connectivity index (χ1v) is 12.8. The Labute approximate surface area is 197 Å². The number of hydrogen-bond donors (Lipinski definition) is 1. The van der Waals surface area contributed by atoms with Crippen molar-refractivity contribution in [2.24, 2.45) is 0 Å². The van der Waals surface area contributed by atoms with Crippen LogP contribution in [-0.4, -0.2) is 46.1 Å². The van der Waals surface area contributed by atoms with Gasteiger partial charge in [-0.3, -0.25) is 4.98 Å². The Morgan fingerprint density at radius 2 is 1.91 bits per heavy atom. The zero-order chi connectivity index (χ0) is 23.5. The zero-order valence-corrected chi connectivity index (χ0v) is 19.4. The molecule has 1 aliphatic rings. The maximum Gasteiger partial charge on any atom is 0.182 e. The predicted molar refractivity (Wildman–Crippen MR) is 128 cm³/mol. The smallest absolute Gasteiger partial charge is 0.182 e. The fraction of sp³-hybridized carbons (Fsp3) is 0.250. The van der Waals surface area contributed by atoms with E-state index in [1.807, 2.05) is 30.3 Å². The number of ether oxygens (including phenoxy) is 1. The van der Waals surface area contributed by atoms with Gasteiger partial charge in [-0.2, -0.15) is 0 Å². The van der Waals surface area contributed by atoms with E-state index in [1.54, 1.807) is 36.8 Å². The molecule has 0 atom stereocenters. The third-order valence-corrected chi connectivity index (χ3v) is 6.66. The van der Waals surface area contributed by atoms with E-state index in [0.717, 1.165) is 41.2 Å². The molecule has 1 saturated carbocycles. The zero-order valence-electron chi connectivity index (χ0n) is 18.6. The molecule has 0 bridgehead atoms. The largest absolute Gasteiger partial charge is 0.355 e. The van der Waals surface area contributed by atoms with Crippen LogP contribution in [0.1, 0.15) is 24.6 Å². The monoisotopic (exact) mass is 476 g/mol. The number of sulfone groups is 1. The SMILES string of the molecule is CS(=O)(=O)c1ccc(-c2ccnc(COCNc3cccc(-c4nncn4C4CC4)n3)c2)cc1. The van der Waals surface area contributed by atoms with Crippen molar-refractivity contribution in [1.29, 1.82) is 0 Å². The van der Waals surface area contributed by atoms with Gasteiger partial charge >= 0.3 is 0 Å². The van der Waals surface area contributed by atoms with Gasteiger partial charge in [0.1, 0.15) is 24.6 Å². The Balaban J connectivity index is 1.18. The van der Waals surface area contributed by atoms with E-state index in [1.165, 1.54) is 6.26 Å². The number of hydrogen-bond acceptors (Lipinski definition) is 8. The Morgan fingerprint density at radius 3 is 2.68 bits per heavy atom. The summed E-state index contributed by atoms with van der Waals surface area (Å²) in [5.41, 5.74) is 3.39. The second kappa shape index (κ2) is 9.32. The van der Waals surface area contributed by atoms with E-state index in [9.17, 15) is 8.42 Å². The number of anilines is 1. The molecule has 0 spiro atoms. The Bertz CT molecular complexity index is 1400. The standard InChI is InChI=1S/C24H24N6O3S/c1-34(31,32)21-9-5-17(6-10-21)18-11-12-25-19(13-18)14-33-16-26-23-4-2-3-22(28-23)24-29-27-15-30(24)20-7-8-20/h2-6,9-13,15,20H,7-8,14,16H2,1H3,(H,26,28). The van der Waals surface area contributed by atoms with Crippen molar-refractivity contribution in [3.05, 3.63) is 72.8 Å². The van der Waals surface area contributed by atoms with Gasteiger partial charge < -0.3 is 14.6 Å². The lowest BCUT2D eigenvalue weighted by molar-refractivity contribution is 0.135. The predicted octanol–water partition coefficient (Wildman–Crippen LogP) is 3.73. The van der Waals surface area contributed by atoms with Crippen molar-refractivity contribution in [3.8, 4) is 22.6 Å². The normalized spacial score (nSPS) is 13.7. The minimum absolute atomic E-state index is 0.265. The highest BCUT2D eigenvalue weighted by Crippen LogP contribution is 2.37. The Kier molecular flexibility index (Phi) is 6.08. The molecule has 9 nitrogen and oxygen atoms in total. The molecule has 4 aromatic rings. The molecule has 3 aromatic heterocycles. The quantitative estimate of drug-likeness (QED) is 0.287. The van der Waals surface area contributed by atoms with Gasteiger partial charge in [0.2, 0.25) is 0 Å². The number of benzene rings is 1. The van der Waals surface area contributed by atoms with Crippen LogP contribution in [0.5, 0.6) is 0 Å². The molecule has 0 amide bonds. The lowest BCUT2D eigenvalue weighted by atomic mass is 10.1. The lowest BCUT2D eigenvalue weighted by Gasteiger charge is -2.10. The minimum atomic E-state index is -3.22. The fourth-order valence-corrected chi connectivity index (χ4v) is 4.25. The summed E-state index contributed by atoms with van der Waals surface area (Å²) in [6.45, 7) is 0.582. The van der Waals surface area contributed by atoms with Crippen LogP contribution in [0.15, 0.2) is 72.0 Å². The average Bonchev–Trinajstić information content (AvgIpc) is 3.58. The summed E-state index contributed by atoms with van der Waals surface area (Å²) >= 11 is 0. The summed E-state index contributed by atoms with van der Waals surface area (Å²) in [4.78, 5) is 9.30. The molecule has 0 radical (unpaired) electrons. The van der Waals surface area contributed by atoms with Gasteiger partial charge in [-0.05, 0) is 60.4 Å².